The fraction of sp³-hybridized carbons (Fsp3) is 0.130. The van der Waals surface area contributed by atoms with Gasteiger partial charge in [0.15, 0.2) is 10.3 Å². The summed E-state index contributed by atoms with van der Waals surface area (Å²) in [5, 5.41) is 8.90. The second-order valence-electron chi connectivity index (χ2n) is 7.90. The zero-order valence-corrected chi connectivity index (χ0v) is 20.1. The van der Waals surface area contributed by atoms with Crippen LogP contribution in [0.4, 0.5) is 0 Å². The molecule has 12 heteroatoms. The standard InChI is InChI=1S/C23H14Cl3N8O/c24-12-4-5-16(33-11-18(25)31-32-33)13(9-12)15-10-20(35)34-17(6-7-19(34)28-15)23-29-21(22(26)30-23)14-3-1-2-8-27-14/h1,3-5,8-11,17H,6-7H2,(H,29,30)/t17-/m0/s1. The highest BCUT2D eigenvalue weighted by molar-refractivity contribution is 6.32. The molecule has 0 amide bonds. The first-order valence-electron chi connectivity index (χ1n) is 10.6. The zero-order chi connectivity index (χ0) is 24.1. The average Bonchev–Trinajstić information content (AvgIpc) is 3.58. The van der Waals surface area contributed by atoms with Crippen molar-refractivity contribution in [1.29, 1.82) is 0 Å². The largest absolute Gasteiger partial charge is 0.338 e. The summed E-state index contributed by atoms with van der Waals surface area (Å²) in [6.45, 7) is 0. The second kappa shape index (κ2) is 8.60. The summed E-state index contributed by atoms with van der Waals surface area (Å²) in [5.41, 5.74) is 2.80. The van der Waals surface area contributed by atoms with Gasteiger partial charge in [-0.1, -0.05) is 46.1 Å². The highest BCUT2D eigenvalue weighted by Gasteiger charge is 2.30. The predicted octanol–water partition coefficient (Wildman–Crippen LogP) is 4.57. The lowest BCUT2D eigenvalue weighted by molar-refractivity contribution is 0.568. The SMILES string of the molecule is O=c1cc(-c2cc(Cl)ccc2-n2cc(Cl)nn2)nc2n1[C@H](c1nc(Cl)c(-c3cc[c]cn3)[nH]1)CC2. The molecule has 0 aliphatic carbocycles. The van der Waals surface area contributed by atoms with Gasteiger partial charge >= 0.3 is 0 Å². The van der Waals surface area contributed by atoms with Crippen LogP contribution in [0, 0.1) is 6.07 Å². The maximum Gasteiger partial charge on any atom is 0.254 e. The van der Waals surface area contributed by atoms with E-state index in [-0.39, 0.29) is 16.8 Å². The van der Waals surface area contributed by atoms with Gasteiger partial charge in [-0.2, -0.15) is 0 Å². The number of rotatable bonds is 4. The fourth-order valence-electron chi connectivity index (χ4n) is 4.28. The molecule has 35 heavy (non-hydrogen) atoms. The van der Waals surface area contributed by atoms with Crippen LogP contribution in [0.1, 0.15) is 24.1 Å². The molecule has 1 aromatic carbocycles. The van der Waals surface area contributed by atoms with Gasteiger partial charge in [0.25, 0.3) is 5.56 Å². The van der Waals surface area contributed by atoms with Crippen LogP contribution in [-0.2, 0) is 6.42 Å². The number of hydrogen-bond donors (Lipinski definition) is 1. The highest BCUT2D eigenvalue weighted by atomic mass is 35.5. The lowest BCUT2D eigenvalue weighted by Gasteiger charge is -2.14. The molecule has 0 unspecified atom stereocenters. The molecule has 0 fully saturated rings. The molecule has 9 nitrogen and oxygen atoms in total. The van der Waals surface area contributed by atoms with Crippen molar-refractivity contribution in [2.75, 3.05) is 0 Å². The number of halogens is 3. The Balaban J connectivity index is 1.42. The van der Waals surface area contributed by atoms with Crippen molar-refractivity contribution in [3.63, 3.8) is 0 Å². The number of aromatic amines is 1. The lowest BCUT2D eigenvalue weighted by Crippen LogP contribution is -2.25. The Morgan fingerprint density at radius 3 is 2.74 bits per heavy atom. The van der Waals surface area contributed by atoms with Crippen molar-refractivity contribution in [1.82, 2.24) is 39.5 Å². The van der Waals surface area contributed by atoms with E-state index in [0.29, 0.717) is 63.0 Å². The second-order valence-corrected chi connectivity index (χ2v) is 9.08. The van der Waals surface area contributed by atoms with E-state index in [0.717, 1.165) is 0 Å². The predicted molar refractivity (Wildman–Crippen MR) is 131 cm³/mol. The third-order valence-electron chi connectivity index (χ3n) is 5.79. The van der Waals surface area contributed by atoms with E-state index in [1.54, 1.807) is 47.3 Å². The molecule has 0 bridgehead atoms. The van der Waals surface area contributed by atoms with Crippen LogP contribution in [0.2, 0.25) is 15.3 Å². The van der Waals surface area contributed by atoms with Crippen molar-refractivity contribution in [3.05, 3.63) is 92.2 Å². The molecular weight excluding hydrogens is 511 g/mol. The van der Waals surface area contributed by atoms with Crippen LogP contribution in [-0.4, -0.2) is 39.5 Å². The Kier molecular flexibility index (Phi) is 5.40. The van der Waals surface area contributed by atoms with Crippen LogP contribution in [0.25, 0.3) is 28.3 Å². The Morgan fingerprint density at radius 2 is 1.97 bits per heavy atom. The molecule has 173 valence electrons. The summed E-state index contributed by atoms with van der Waals surface area (Å²) in [6.07, 6.45) is 4.36. The number of nitrogens with zero attached hydrogens (tertiary/aromatic N) is 7. The van der Waals surface area contributed by atoms with Gasteiger partial charge in [0.2, 0.25) is 0 Å². The van der Waals surface area contributed by atoms with Crippen LogP contribution < -0.4 is 5.56 Å². The molecule has 1 aliphatic rings. The number of nitrogens with one attached hydrogen (secondary N) is 1. The Hall–Kier alpha value is -3.53. The highest BCUT2D eigenvalue weighted by Crippen LogP contribution is 2.34. The average molecular weight is 525 g/mol. The maximum atomic E-state index is 13.3. The van der Waals surface area contributed by atoms with Crippen LogP contribution in [0.15, 0.2) is 53.6 Å². The smallest absolute Gasteiger partial charge is 0.254 e. The van der Waals surface area contributed by atoms with Gasteiger partial charge in [0, 0.05) is 35.3 Å². The Labute approximate surface area is 213 Å². The van der Waals surface area contributed by atoms with E-state index in [9.17, 15) is 4.79 Å². The van der Waals surface area contributed by atoms with Gasteiger partial charge in [0.1, 0.15) is 17.3 Å². The summed E-state index contributed by atoms with van der Waals surface area (Å²) < 4.78 is 3.16. The van der Waals surface area contributed by atoms with Gasteiger partial charge in [-0.05, 0) is 30.7 Å². The van der Waals surface area contributed by atoms with Gasteiger partial charge in [-0.25, -0.2) is 14.6 Å². The molecule has 0 saturated heterocycles. The van der Waals surface area contributed by atoms with E-state index < -0.39 is 0 Å². The van der Waals surface area contributed by atoms with Gasteiger partial charge < -0.3 is 4.98 Å². The number of imidazole rings is 1. The molecule has 1 radical (unpaired) electrons. The first-order valence-corrected chi connectivity index (χ1v) is 11.7. The summed E-state index contributed by atoms with van der Waals surface area (Å²) in [5.74, 6) is 1.22. The van der Waals surface area contributed by atoms with Crippen molar-refractivity contribution in [2.24, 2.45) is 0 Å². The number of pyridine rings is 1. The van der Waals surface area contributed by atoms with Gasteiger partial charge in [0.05, 0.1) is 29.3 Å². The monoisotopic (exact) mass is 523 g/mol. The van der Waals surface area contributed by atoms with E-state index in [2.05, 4.69) is 31.3 Å². The number of hydrogen-bond acceptors (Lipinski definition) is 6. The maximum absolute atomic E-state index is 13.3. The van der Waals surface area contributed by atoms with Crippen molar-refractivity contribution in [3.8, 4) is 28.3 Å². The molecule has 1 N–H and O–H groups in total. The van der Waals surface area contributed by atoms with Crippen LogP contribution >= 0.6 is 34.8 Å². The molecule has 4 aromatic heterocycles. The molecule has 1 atom stereocenters. The molecule has 1 aliphatic heterocycles. The minimum Gasteiger partial charge on any atom is -0.338 e. The zero-order valence-electron chi connectivity index (χ0n) is 17.8. The fourth-order valence-corrected chi connectivity index (χ4v) is 4.81. The van der Waals surface area contributed by atoms with E-state index in [4.69, 9.17) is 39.8 Å². The number of aryl methyl sites for hydroxylation is 1. The van der Waals surface area contributed by atoms with E-state index >= 15 is 0 Å². The lowest BCUT2D eigenvalue weighted by atomic mass is 10.1. The van der Waals surface area contributed by atoms with Crippen molar-refractivity contribution in [2.45, 2.75) is 18.9 Å². The topological polar surface area (TPSA) is 107 Å². The minimum atomic E-state index is -0.325. The number of aromatic nitrogens is 8. The number of fused-ring (bicyclic) bond motifs is 1. The summed E-state index contributed by atoms with van der Waals surface area (Å²) >= 11 is 18.6. The first-order chi connectivity index (χ1) is 17.0. The number of benzene rings is 1. The minimum absolute atomic E-state index is 0.212. The molecule has 5 heterocycles. The summed E-state index contributed by atoms with van der Waals surface area (Å²) in [4.78, 5) is 30.1. The van der Waals surface area contributed by atoms with Crippen LogP contribution in [0.3, 0.4) is 0 Å². The molecule has 5 aromatic rings. The summed E-state index contributed by atoms with van der Waals surface area (Å²) in [7, 11) is 0. The third-order valence-corrected chi connectivity index (χ3v) is 6.47. The number of H-pyrrole nitrogens is 1. The molecular formula is C23H14Cl3N8O. The molecule has 6 rings (SSSR count). The normalized spacial score (nSPS) is 14.9. The Morgan fingerprint density at radius 1 is 1.09 bits per heavy atom. The van der Waals surface area contributed by atoms with Crippen LogP contribution in [0.5, 0.6) is 0 Å². The van der Waals surface area contributed by atoms with E-state index in [1.807, 2.05) is 0 Å². The quantitative estimate of drug-likeness (QED) is 0.369. The van der Waals surface area contributed by atoms with Gasteiger partial charge in [-0.15, -0.1) is 5.10 Å². The summed E-state index contributed by atoms with van der Waals surface area (Å²) in [6, 6.07) is 12.8. The Bertz CT molecular complexity index is 1630. The third kappa shape index (κ3) is 3.91. The first kappa shape index (κ1) is 22.0. The van der Waals surface area contributed by atoms with E-state index in [1.165, 1.54) is 10.7 Å². The molecule has 0 spiro atoms. The molecule has 0 saturated carbocycles. The van der Waals surface area contributed by atoms with Crippen molar-refractivity contribution < 1.29 is 0 Å². The van der Waals surface area contributed by atoms with Crippen molar-refractivity contribution >= 4 is 34.8 Å². The van der Waals surface area contributed by atoms with Gasteiger partial charge in [-0.3, -0.25) is 14.3 Å².